The van der Waals surface area contributed by atoms with Crippen LogP contribution >= 0.6 is 11.6 Å². The summed E-state index contributed by atoms with van der Waals surface area (Å²) in [5.41, 5.74) is 5.93. The molecule has 1 heterocycles. The lowest BCUT2D eigenvalue weighted by atomic mass is 9.88. The van der Waals surface area contributed by atoms with Gasteiger partial charge in [-0.05, 0) is 35.9 Å². The number of β-lactam (4-membered cyclic amide) rings is 1. The van der Waals surface area contributed by atoms with Crippen LogP contribution in [0.4, 0.5) is 18.9 Å². The van der Waals surface area contributed by atoms with Crippen LogP contribution < -0.4 is 10.6 Å². The summed E-state index contributed by atoms with van der Waals surface area (Å²) in [6.45, 7) is 0. The average molecular weight is 341 g/mol. The van der Waals surface area contributed by atoms with Crippen LogP contribution in [-0.4, -0.2) is 11.9 Å². The van der Waals surface area contributed by atoms with Crippen LogP contribution in [0.3, 0.4) is 0 Å². The monoisotopic (exact) mass is 340 g/mol. The number of rotatable bonds is 2. The van der Waals surface area contributed by atoms with Crippen LogP contribution in [0, 0.1) is 0 Å². The molecule has 23 heavy (non-hydrogen) atoms. The van der Waals surface area contributed by atoms with Crippen LogP contribution in [0.1, 0.15) is 17.2 Å². The first-order valence-corrected chi connectivity index (χ1v) is 7.18. The van der Waals surface area contributed by atoms with Crippen molar-refractivity contribution >= 4 is 23.2 Å². The molecule has 1 amide bonds. The van der Waals surface area contributed by atoms with Crippen molar-refractivity contribution in [3.8, 4) is 0 Å². The Morgan fingerprint density at radius 3 is 2.35 bits per heavy atom. The molecule has 1 aliphatic heterocycles. The predicted octanol–water partition coefficient (Wildman–Crippen LogP) is 3.77. The smallest absolute Gasteiger partial charge is 0.318 e. The van der Waals surface area contributed by atoms with E-state index < -0.39 is 29.7 Å². The van der Waals surface area contributed by atoms with Crippen LogP contribution in [0.15, 0.2) is 48.5 Å². The molecule has 7 heteroatoms. The van der Waals surface area contributed by atoms with Crippen molar-refractivity contribution in [1.29, 1.82) is 0 Å². The lowest BCUT2D eigenvalue weighted by Crippen LogP contribution is -2.63. The number of hydrogen-bond donors (Lipinski definition) is 1. The van der Waals surface area contributed by atoms with E-state index in [-0.39, 0.29) is 5.69 Å². The Morgan fingerprint density at radius 1 is 1.09 bits per heavy atom. The van der Waals surface area contributed by atoms with Gasteiger partial charge in [0, 0.05) is 10.7 Å². The SMILES string of the molecule is N[C@@H]1C(=O)N(c2cccc(C(F)(F)F)c2)[C@H]1c1ccc(Cl)cc1. The molecule has 120 valence electrons. The summed E-state index contributed by atoms with van der Waals surface area (Å²) < 4.78 is 38.5. The average Bonchev–Trinajstić information content (AvgIpc) is 2.52. The minimum atomic E-state index is -4.47. The van der Waals surface area contributed by atoms with Crippen molar-refractivity contribution in [1.82, 2.24) is 0 Å². The highest BCUT2D eigenvalue weighted by Crippen LogP contribution is 2.40. The summed E-state index contributed by atoms with van der Waals surface area (Å²) in [6, 6.07) is 10.1. The van der Waals surface area contributed by atoms with Gasteiger partial charge in [0.05, 0.1) is 11.6 Å². The minimum Gasteiger partial charge on any atom is -0.318 e. The Labute approximate surface area is 135 Å². The fourth-order valence-electron chi connectivity index (χ4n) is 2.65. The van der Waals surface area contributed by atoms with Crippen LogP contribution in [0.25, 0.3) is 0 Å². The number of alkyl halides is 3. The first kappa shape index (κ1) is 15.8. The zero-order chi connectivity index (χ0) is 16.8. The van der Waals surface area contributed by atoms with Crippen LogP contribution in [-0.2, 0) is 11.0 Å². The van der Waals surface area contributed by atoms with Crippen LogP contribution in [0.5, 0.6) is 0 Å². The second kappa shape index (κ2) is 5.54. The van der Waals surface area contributed by atoms with E-state index >= 15 is 0 Å². The van der Waals surface area contributed by atoms with Gasteiger partial charge in [-0.1, -0.05) is 29.8 Å². The lowest BCUT2D eigenvalue weighted by molar-refractivity contribution is -0.137. The molecule has 2 aromatic carbocycles. The minimum absolute atomic E-state index is 0.173. The number of carbonyl (C=O) groups is 1. The van der Waals surface area contributed by atoms with Gasteiger partial charge in [0.1, 0.15) is 6.04 Å². The van der Waals surface area contributed by atoms with Gasteiger partial charge >= 0.3 is 6.18 Å². The predicted molar refractivity (Wildman–Crippen MR) is 81.1 cm³/mol. The van der Waals surface area contributed by atoms with E-state index in [1.807, 2.05) is 0 Å². The van der Waals surface area contributed by atoms with Crippen molar-refractivity contribution in [3.63, 3.8) is 0 Å². The molecule has 1 fully saturated rings. The number of nitrogens with zero attached hydrogens (tertiary/aromatic N) is 1. The molecule has 1 saturated heterocycles. The molecule has 3 rings (SSSR count). The molecule has 0 saturated carbocycles. The zero-order valence-corrected chi connectivity index (χ0v) is 12.5. The highest BCUT2D eigenvalue weighted by molar-refractivity contribution is 6.30. The largest absolute Gasteiger partial charge is 0.416 e. The normalized spacial score (nSPS) is 21.3. The molecule has 1 aliphatic rings. The van der Waals surface area contributed by atoms with E-state index in [9.17, 15) is 18.0 Å². The summed E-state index contributed by atoms with van der Waals surface area (Å²) in [6.07, 6.45) is -4.47. The van der Waals surface area contributed by atoms with Crippen molar-refractivity contribution in [2.45, 2.75) is 18.3 Å². The van der Waals surface area contributed by atoms with Crippen LogP contribution in [0.2, 0.25) is 5.02 Å². The third-order valence-electron chi connectivity index (χ3n) is 3.80. The maximum Gasteiger partial charge on any atom is 0.416 e. The third-order valence-corrected chi connectivity index (χ3v) is 4.06. The van der Waals surface area contributed by atoms with E-state index in [1.165, 1.54) is 17.0 Å². The fourth-order valence-corrected chi connectivity index (χ4v) is 2.77. The van der Waals surface area contributed by atoms with Gasteiger partial charge in [-0.25, -0.2) is 0 Å². The van der Waals surface area contributed by atoms with Gasteiger partial charge in [-0.3, -0.25) is 4.79 Å². The topological polar surface area (TPSA) is 46.3 Å². The molecule has 0 unspecified atom stereocenters. The number of amides is 1. The van der Waals surface area contributed by atoms with Crippen molar-refractivity contribution in [3.05, 3.63) is 64.7 Å². The summed E-state index contributed by atoms with van der Waals surface area (Å²) >= 11 is 5.83. The lowest BCUT2D eigenvalue weighted by Gasteiger charge is -2.45. The van der Waals surface area contributed by atoms with E-state index in [4.69, 9.17) is 17.3 Å². The summed E-state index contributed by atoms with van der Waals surface area (Å²) in [5, 5.41) is 0.526. The molecular weight excluding hydrogens is 329 g/mol. The highest BCUT2D eigenvalue weighted by Gasteiger charge is 2.47. The van der Waals surface area contributed by atoms with Crippen molar-refractivity contribution in [2.75, 3.05) is 4.90 Å². The van der Waals surface area contributed by atoms with E-state index in [0.29, 0.717) is 5.02 Å². The summed E-state index contributed by atoms with van der Waals surface area (Å²) in [7, 11) is 0. The Morgan fingerprint density at radius 2 is 1.74 bits per heavy atom. The second-order valence-electron chi connectivity index (χ2n) is 5.28. The number of carbonyl (C=O) groups excluding carboxylic acids is 1. The number of anilines is 1. The van der Waals surface area contributed by atoms with Gasteiger partial charge in [0.15, 0.2) is 0 Å². The number of benzene rings is 2. The summed E-state index contributed by atoms with van der Waals surface area (Å²) in [5.74, 6) is -0.413. The molecule has 0 aromatic heterocycles. The molecule has 2 atom stereocenters. The van der Waals surface area contributed by atoms with Gasteiger partial charge in [0.25, 0.3) is 0 Å². The number of hydrogen-bond acceptors (Lipinski definition) is 2. The first-order valence-electron chi connectivity index (χ1n) is 6.80. The van der Waals surface area contributed by atoms with E-state index in [1.54, 1.807) is 24.3 Å². The van der Waals surface area contributed by atoms with Crippen molar-refractivity contribution in [2.24, 2.45) is 5.73 Å². The Balaban J connectivity index is 1.98. The molecule has 0 aliphatic carbocycles. The number of halogens is 4. The Hall–Kier alpha value is -2.05. The fraction of sp³-hybridized carbons (Fsp3) is 0.188. The summed E-state index contributed by atoms with van der Waals surface area (Å²) in [4.78, 5) is 13.3. The maximum atomic E-state index is 12.8. The Kier molecular flexibility index (Phi) is 3.82. The molecular formula is C16H12ClF3N2O. The molecule has 3 nitrogen and oxygen atoms in total. The Bertz CT molecular complexity index is 746. The van der Waals surface area contributed by atoms with E-state index in [2.05, 4.69) is 0 Å². The molecule has 0 radical (unpaired) electrons. The quantitative estimate of drug-likeness (QED) is 0.846. The molecule has 2 N–H and O–H groups in total. The molecule has 2 aromatic rings. The molecule has 0 spiro atoms. The van der Waals surface area contributed by atoms with Gasteiger partial charge in [-0.15, -0.1) is 0 Å². The molecule has 0 bridgehead atoms. The van der Waals surface area contributed by atoms with Crippen molar-refractivity contribution < 1.29 is 18.0 Å². The van der Waals surface area contributed by atoms with Gasteiger partial charge in [0.2, 0.25) is 5.91 Å². The van der Waals surface area contributed by atoms with E-state index in [0.717, 1.165) is 17.7 Å². The number of nitrogens with two attached hydrogens (primary N) is 1. The zero-order valence-electron chi connectivity index (χ0n) is 11.7. The maximum absolute atomic E-state index is 12.8. The van der Waals surface area contributed by atoms with Gasteiger partial charge < -0.3 is 10.6 Å². The first-order chi connectivity index (χ1) is 10.8. The van der Waals surface area contributed by atoms with Gasteiger partial charge in [-0.2, -0.15) is 13.2 Å². The third kappa shape index (κ3) is 2.80. The standard InChI is InChI=1S/C16H12ClF3N2O/c17-11-6-4-9(5-7-11)14-13(21)15(23)22(14)12-3-1-2-10(8-12)16(18,19)20/h1-8,13-14H,21H2/t13-,14-/m0/s1. The second-order valence-corrected chi connectivity index (χ2v) is 5.71. The highest BCUT2D eigenvalue weighted by atomic mass is 35.5.